The van der Waals surface area contributed by atoms with Crippen LogP contribution in [0.25, 0.3) is 11.0 Å². The van der Waals surface area contributed by atoms with Crippen molar-refractivity contribution < 1.29 is 9.53 Å². The molecule has 1 N–H and O–H groups in total. The van der Waals surface area contributed by atoms with Gasteiger partial charge in [0, 0.05) is 25.1 Å². The molecule has 3 aromatic rings. The number of aryl methyl sites for hydroxylation is 4. The number of amides is 1. The van der Waals surface area contributed by atoms with Gasteiger partial charge in [0.05, 0.1) is 17.6 Å². The van der Waals surface area contributed by atoms with Gasteiger partial charge in [0.1, 0.15) is 11.6 Å². The lowest BCUT2D eigenvalue weighted by molar-refractivity contribution is -0.117. The van der Waals surface area contributed by atoms with E-state index in [4.69, 9.17) is 9.72 Å². The van der Waals surface area contributed by atoms with Crippen LogP contribution in [0.15, 0.2) is 54.6 Å². The molecule has 1 amide bonds. The first-order valence-corrected chi connectivity index (χ1v) is 12.0. The number of ether oxygens (including phenoxy) is 1. The van der Waals surface area contributed by atoms with Crippen LogP contribution < -0.4 is 10.1 Å². The van der Waals surface area contributed by atoms with Gasteiger partial charge in [-0.3, -0.25) is 4.79 Å². The number of benzene rings is 2. The van der Waals surface area contributed by atoms with Crippen LogP contribution in [0, 0.1) is 13.8 Å². The van der Waals surface area contributed by atoms with Crippen molar-refractivity contribution in [2.75, 3.05) is 13.2 Å². The van der Waals surface area contributed by atoms with Gasteiger partial charge in [0.15, 0.2) is 0 Å². The first-order chi connectivity index (χ1) is 16.0. The molecule has 5 nitrogen and oxygen atoms in total. The van der Waals surface area contributed by atoms with Gasteiger partial charge in [-0.05, 0) is 70.2 Å². The molecular weight excluding hydrogens is 410 g/mol. The summed E-state index contributed by atoms with van der Waals surface area (Å²) >= 11 is 0. The molecule has 1 heterocycles. The van der Waals surface area contributed by atoms with E-state index in [2.05, 4.69) is 66.7 Å². The minimum Gasteiger partial charge on any atom is -0.493 e. The van der Waals surface area contributed by atoms with E-state index < -0.39 is 0 Å². The zero-order valence-electron chi connectivity index (χ0n) is 20.3. The molecule has 0 saturated heterocycles. The number of hydrogen-bond acceptors (Lipinski definition) is 3. The van der Waals surface area contributed by atoms with E-state index in [9.17, 15) is 4.79 Å². The van der Waals surface area contributed by atoms with E-state index in [0.29, 0.717) is 12.1 Å². The fourth-order valence-corrected chi connectivity index (χ4v) is 4.02. The van der Waals surface area contributed by atoms with Crippen LogP contribution in [-0.2, 0) is 17.8 Å². The van der Waals surface area contributed by atoms with Gasteiger partial charge >= 0.3 is 0 Å². The summed E-state index contributed by atoms with van der Waals surface area (Å²) in [5.74, 6) is 2.07. The van der Waals surface area contributed by atoms with Crippen molar-refractivity contribution in [1.82, 2.24) is 14.9 Å². The smallest absolute Gasteiger partial charge is 0.246 e. The topological polar surface area (TPSA) is 56.2 Å². The Kier molecular flexibility index (Phi) is 9.11. The molecular formula is C28H37N3O2. The average Bonchev–Trinajstić information content (AvgIpc) is 3.14. The highest BCUT2D eigenvalue weighted by molar-refractivity contribution is 5.92. The Hall–Kier alpha value is -3.08. The number of carbonyl (C=O) groups is 1. The Balaban J connectivity index is 1.48. The molecule has 0 atom stereocenters. The van der Waals surface area contributed by atoms with Crippen molar-refractivity contribution in [3.8, 4) is 5.75 Å². The number of unbranched alkanes of at least 4 members (excludes halogenated alkanes) is 3. The zero-order valence-corrected chi connectivity index (χ0v) is 20.3. The lowest BCUT2D eigenvalue weighted by atomic mass is 10.1. The summed E-state index contributed by atoms with van der Waals surface area (Å²) in [5.41, 5.74) is 5.28. The van der Waals surface area contributed by atoms with Crippen molar-refractivity contribution in [3.05, 3.63) is 71.6 Å². The molecule has 0 aliphatic carbocycles. The maximum absolute atomic E-state index is 11.6. The van der Waals surface area contributed by atoms with E-state index in [1.54, 1.807) is 6.92 Å². The Morgan fingerprint density at radius 1 is 1.06 bits per heavy atom. The number of fused-ring (bicyclic) bond motifs is 1. The molecule has 2 aromatic carbocycles. The molecule has 0 bridgehead atoms. The summed E-state index contributed by atoms with van der Waals surface area (Å²) in [7, 11) is 0. The highest BCUT2D eigenvalue weighted by Gasteiger charge is 2.10. The van der Waals surface area contributed by atoms with Crippen LogP contribution in [0.3, 0.4) is 0 Å². The summed E-state index contributed by atoms with van der Waals surface area (Å²) in [6, 6.07) is 14.7. The SMILES string of the molecule is C=C(C)C(=O)NCCCCCc1nc2ccccc2n1CCCCOc1ccc(C)cc1C. The summed E-state index contributed by atoms with van der Waals surface area (Å²) in [6.45, 7) is 12.0. The molecule has 0 fully saturated rings. The van der Waals surface area contributed by atoms with E-state index in [0.717, 1.165) is 68.8 Å². The molecule has 0 spiro atoms. The summed E-state index contributed by atoms with van der Waals surface area (Å²) in [5, 5.41) is 2.90. The second kappa shape index (κ2) is 12.2. The van der Waals surface area contributed by atoms with Crippen LogP contribution in [0.5, 0.6) is 5.75 Å². The molecule has 1 aromatic heterocycles. The maximum Gasteiger partial charge on any atom is 0.246 e. The number of rotatable bonds is 13. The first-order valence-electron chi connectivity index (χ1n) is 12.0. The minimum absolute atomic E-state index is 0.0571. The van der Waals surface area contributed by atoms with Gasteiger partial charge in [0.25, 0.3) is 0 Å². The molecule has 0 radical (unpaired) electrons. The van der Waals surface area contributed by atoms with E-state index in [1.165, 1.54) is 16.6 Å². The van der Waals surface area contributed by atoms with E-state index in [-0.39, 0.29) is 5.91 Å². The Bertz CT molecular complexity index is 1080. The van der Waals surface area contributed by atoms with Gasteiger partial charge in [-0.2, -0.15) is 0 Å². The fraction of sp³-hybridized carbons (Fsp3) is 0.429. The molecule has 0 unspecified atom stereocenters. The number of nitrogens with one attached hydrogen (secondary N) is 1. The maximum atomic E-state index is 11.6. The normalized spacial score (nSPS) is 11.0. The Labute approximate surface area is 197 Å². The molecule has 33 heavy (non-hydrogen) atoms. The van der Waals surface area contributed by atoms with E-state index >= 15 is 0 Å². The zero-order chi connectivity index (χ0) is 23.6. The lowest BCUT2D eigenvalue weighted by Gasteiger charge is -2.12. The van der Waals surface area contributed by atoms with Gasteiger partial charge in [0.2, 0.25) is 5.91 Å². The van der Waals surface area contributed by atoms with Crippen LogP contribution in [0.1, 0.15) is 56.0 Å². The third-order valence-electron chi connectivity index (χ3n) is 5.85. The average molecular weight is 448 g/mol. The fourth-order valence-electron chi connectivity index (χ4n) is 4.02. The molecule has 3 rings (SSSR count). The van der Waals surface area contributed by atoms with Crippen molar-refractivity contribution >= 4 is 16.9 Å². The molecule has 5 heteroatoms. The predicted octanol–water partition coefficient (Wildman–Crippen LogP) is 5.92. The summed E-state index contributed by atoms with van der Waals surface area (Å²) in [6.07, 6.45) is 6.08. The van der Waals surface area contributed by atoms with Gasteiger partial charge in [-0.25, -0.2) is 4.98 Å². The van der Waals surface area contributed by atoms with Crippen LogP contribution in [-0.4, -0.2) is 28.6 Å². The quantitative estimate of drug-likeness (QED) is 0.261. The summed E-state index contributed by atoms with van der Waals surface area (Å²) < 4.78 is 8.37. The van der Waals surface area contributed by atoms with Crippen LogP contribution in [0.2, 0.25) is 0 Å². The number of nitrogens with zero attached hydrogens (tertiary/aromatic N) is 2. The third kappa shape index (κ3) is 7.21. The Morgan fingerprint density at radius 3 is 2.67 bits per heavy atom. The monoisotopic (exact) mass is 447 g/mol. The number of aromatic nitrogens is 2. The predicted molar refractivity (Wildman–Crippen MR) is 136 cm³/mol. The highest BCUT2D eigenvalue weighted by atomic mass is 16.5. The van der Waals surface area contributed by atoms with Crippen LogP contribution >= 0.6 is 0 Å². The molecule has 176 valence electrons. The third-order valence-corrected chi connectivity index (χ3v) is 5.85. The minimum atomic E-state index is -0.0571. The molecule has 0 saturated carbocycles. The molecule has 0 aliphatic rings. The number of imidazole rings is 1. The van der Waals surface area contributed by atoms with Crippen molar-refractivity contribution in [2.24, 2.45) is 0 Å². The Morgan fingerprint density at radius 2 is 1.88 bits per heavy atom. The number of hydrogen-bond donors (Lipinski definition) is 1. The standard InChI is InChI=1S/C28H37N3O2/c1-21(2)28(32)29-17-9-5-6-14-27-30-24-12-7-8-13-25(24)31(27)18-10-11-19-33-26-16-15-22(3)20-23(26)4/h7-8,12-13,15-16,20H,1,5-6,9-11,14,17-19H2,2-4H3,(H,29,32). The molecule has 0 aliphatic heterocycles. The first kappa shape index (κ1) is 24.6. The van der Waals surface area contributed by atoms with Crippen molar-refractivity contribution in [3.63, 3.8) is 0 Å². The highest BCUT2D eigenvalue weighted by Crippen LogP contribution is 2.20. The lowest BCUT2D eigenvalue weighted by Crippen LogP contribution is -2.24. The van der Waals surface area contributed by atoms with E-state index in [1.807, 2.05) is 6.07 Å². The van der Waals surface area contributed by atoms with Crippen molar-refractivity contribution in [2.45, 2.75) is 65.8 Å². The summed E-state index contributed by atoms with van der Waals surface area (Å²) in [4.78, 5) is 16.5. The van der Waals surface area contributed by atoms with Crippen LogP contribution in [0.4, 0.5) is 0 Å². The number of carbonyl (C=O) groups excluding carboxylic acids is 1. The second-order valence-electron chi connectivity index (χ2n) is 8.84. The largest absolute Gasteiger partial charge is 0.493 e. The van der Waals surface area contributed by atoms with Gasteiger partial charge in [-0.1, -0.05) is 42.8 Å². The van der Waals surface area contributed by atoms with Crippen molar-refractivity contribution in [1.29, 1.82) is 0 Å². The number of para-hydroxylation sites is 2. The van der Waals surface area contributed by atoms with Gasteiger partial charge < -0.3 is 14.6 Å². The second-order valence-corrected chi connectivity index (χ2v) is 8.84. The van der Waals surface area contributed by atoms with Gasteiger partial charge in [-0.15, -0.1) is 0 Å².